The SMILES string of the molecule is CC(=O)c1ccnn1C1CNC1. The molecule has 1 aliphatic rings. The highest BCUT2D eigenvalue weighted by Gasteiger charge is 2.22. The smallest absolute Gasteiger partial charge is 0.177 e. The van der Waals surface area contributed by atoms with Crippen molar-refractivity contribution < 1.29 is 4.79 Å². The monoisotopic (exact) mass is 165 g/mol. The number of hydrogen-bond donors (Lipinski definition) is 1. The Morgan fingerprint density at radius 1 is 1.75 bits per heavy atom. The molecule has 1 fully saturated rings. The normalized spacial score (nSPS) is 17.4. The second-order valence-electron chi connectivity index (χ2n) is 3.03. The molecule has 1 aromatic rings. The molecular formula is C8H11N3O. The Labute approximate surface area is 70.6 Å². The number of rotatable bonds is 2. The first-order valence-electron chi connectivity index (χ1n) is 4.04. The lowest BCUT2D eigenvalue weighted by atomic mass is 10.2. The zero-order valence-corrected chi connectivity index (χ0v) is 6.95. The molecule has 2 heterocycles. The van der Waals surface area contributed by atoms with Crippen LogP contribution in [0.15, 0.2) is 12.3 Å². The van der Waals surface area contributed by atoms with Gasteiger partial charge in [-0.15, -0.1) is 0 Å². The summed E-state index contributed by atoms with van der Waals surface area (Å²) in [6, 6.07) is 2.14. The third-order valence-electron chi connectivity index (χ3n) is 2.14. The molecule has 1 aromatic heterocycles. The largest absolute Gasteiger partial charge is 0.312 e. The lowest BCUT2D eigenvalue weighted by molar-refractivity contribution is 0.0997. The Balaban J connectivity index is 2.29. The van der Waals surface area contributed by atoms with Crippen LogP contribution < -0.4 is 5.32 Å². The molecule has 12 heavy (non-hydrogen) atoms. The molecule has 1 N–H and O–H groups in total. The van der Waals surface area contributed by atoms with Crippen molar-refractivity contribution in [2.45, 2.75) is 13.0 Å². The predicted molar refractivity (Wildman–Crippen MR) is 44.1 cm³/mol. The lowest BCUT2D eigenvalue weighted by Gasteiger charge is -2.28. The number of Topliss-reactive ketones (excluding diaryl/α,β-unsaturated/α-hetero) is 1. The van der Waals surface area contributed by atoms with Gasteiger partial charge in [0.1, 0.15) is 5.69 Å². The Kier molecular flexibility index (Phi) is 1.69. The van der Waals surface area contributed by atoms with Crippen LogP contribution in [0.25, 0.3) is 0 Å². The molecule has 2 rings (SSSR count). The third-order valence-corrected chi connectivity index (χ3v) is 2.14. The van der Waals surface area contributed by atoms with Crippen LogP contribution in [0.1, 0.15) is 23.5 Å². The fraction of sp³-hybridized carbons (Fsp3) is 0.500. The van der Waals surface area contributed by atoms with Crippen molar-refractivity contribution in [1.82, 2.24) is 15.1 Å². The quantitative estimate of drug-likeness (QED) is 0.638. The molecule has 0 radical (unpaired) electrons. The maximum atomic E-state index is 11.1. The van der Waals surface area contributed by atoms with Crippen molar-refractivity contribution in [1.29, 1.82) is 0 Å². The summed E-state index contributed by atoms with van der Waals surface area (Å²) in [5.74, 6) is 0.0828. The first-order chi connectivity index (χ1) is 5.79. The van der Waals surface area contributed by atoms with Gasteiger partial charge in [0.25, 0.3) is 0 Å². The molecule has 0 spiro atoms. The first kappa shape index (κ1) is 7.49. The molecule has 0 amide bonds. The van der Waals surface area contributed by atoms with Crippen molar-refractivity contribution in [3.8, 4) is 0 Å². The van der Waals surface area contributed by atoms with E-state index < -0.39 is 0 Å². The van der Waals surface area contributed by atoms with E-state index in [0.717, 1.165) is 13.1 Å². The molecule has 1 saturated heterocycles. The van der Waals surface area contributed by atoms with Crippen molar-refractivity contribution in [3.05, 3.63) is 18.0 Å². The minimum absolute atomic E-state index is 0.0828. The van der Waals surface area contributed by atoms with Gasteiger partial charge in [0.2, 0.25) is 0 Å². The van der Waals surface area contributed by atoms with E-state index in [1.54, 1.807) is 23.9 Å². The van der Waals surface area contributed by atoms with Gasteiger partial charge in [-0.25, -0.2) is 0 Å². The van der Waals surface area contributed by atoms with Crippen LogP contribution in [0.4, 0.5) is 0 Å². The molecular weight excluding hydrogens is 154 g/mol. The maximum Gasteiger partial charge on any atom is 0.177 e. The van der Waals surface area contributed by atoms with Crippen molar-refractivity contribution in [3.63, 3.8) is 0 Å². The minimum Gasteiger partial charge on any atom is -0.312 e. The van der Waals surface area contributed by atoms with E-state index in [2.05, 4.69) is 10.4 Å². The van der Waals surface area contributed by atoms with Crippen LogP contribution in [0.5, 0.6) is 0 Å². The molecule has 0 aromatic carbocycles. The molecule has 0 aliphatic carbocycles. The van der Waals surface area contributed by atoms with Gasteiger partial charge < -0.3 is 5.32 Å². The Morgan fingerprint density at radius 3 is 3.00 bits per heavy atom. The maximum absolute atomic E-state index is 11.1. The number of hydrogen-bond acceptors (Lipinski definition) is 3. The van der Waals surface area contributed by atoms with Gasteiger partial charge in [-0.3, -0.25) is 9.48 Å². The highest BCUT2D eigenvalue weighted by Crippen LogP contribution is 2.13. The molecule has 0 atom stereocenters. The van der Waals surface area contributed by atoms with E-state index in [4.69, 9.17) is 0 Å². The summed E-state index contributed by atoms with van der Waals surface area (Å²) >= 11 is 0. The zero-order chi connectivity index (χ0) is 8.55. The van der Waals surface area contributed by atoms with Crippen molar-refractivity contribution in [2.24, 2.45) is 0 Å². The summed E-state index contributed by atoms with van der Waals surface area (Å²) in [5, 5.41) is 7.26. The second-order valence-corrected chi connectivity index (χ2v) is 3.03. The zero-order valence-electron chi connectivity index (χ0n) is 6.95. The van der Waals surface area contributed by atoms with Gasteiger partial charge in [0.15, 0.2) is 5.78 Å². The summed E-state index contributed by atoms with van der Waals surface area (Å²) < 4.78 is 1.80. The van der Waals surface area contributed by atoms with Crippen LogP contribution in [-0.2, 0) is 0 Å². The van der Waals surface area contributed by atoms with Crippen LogP contribution >= 0.6 is 0 Å². The Morgan fingerprint density at radius 2 is 2.50 bits per heavy atom. The van der Waals surface area contributed by atoms with Gasteiger partial charge in [-0.05, 0) is 6.07 Å². The van der Waals surface area contributed by atoms with Crippen LogP contribution in [0.2, 0.25) is 0 Å². The highest BCUT2D eigenvalue weighted by molar-refractivity contribution is 5.92. The summed E-state index contributed by atoms with van der Waals surface area (Å²) in [6.45, 7) is 3.41. The first-order valence-corrected chi connectivity index (χ1v) is 4.04. The second kappa shape index (κ2) is 2.71. The summed E-state index contributed by atoms with van der Waals surface area (Å²) in [6.07, 6.45) is 1.68. The minimum atomic E-state index is 0.0828. The van der Waals surface area contributed by atoms with Gasteiger partial charge in [-0.2, -0.15) is 5.10 Å². The summed E-state index contributed by atoms with van der Waals surface area (Å²) in [5.41, 5.74) is 0.710. The Hall–Kier alpha value is -1.16. The number of carbonyl (C=O) groups excluding carboxylic acids is 1. The van der Waals surface area contributed by atoms with Crippen molar-refractivity contribution in [2.75, 3.05) is 13.1 Å². The third kappa shape index (κ3) is 1.04. The average molecular weight is 165 g/mol. The van der Waals surface area contributed by atoms with E-state index in [0.29, 0.717) is 11.7 Å². The van der Waals surface area contributed by atoms with Crippen molar-refractivity contribution >= 4 is 5.78 Å². The number of aromatic nitrogens is 2. The van der Waals surface area contributed by atoms with E-state index >= 15 is 0 Å². The van der Waals surface area contributed by atoms with E-state index in [1.807, 2.05) is 0 Å². The lowest BCUT2D eigenvalue weighted by Crippen LogP contribution is -2.44. The average Bonchev–Trinajstić information content (AvgIpc) is 2.31. The topological polar surface area (TPSA) is 46.9 Å². The molecule has 4 nitrogen and oxygen atoms in total. The molecule has 0 saturated carbocycles. The van der Waals surface area contributed by atoms with Crippen LogP contribution in [-0.4, -0.2) is 28.7 Å². The standard InChI is InChI=1S/C8H11N3O/c1-6(12)8-2-3-10-11(8)7-4-9-5-7/h2-3,7,9H,4-5H2,1H3. The van der Waals surface area contributed by atoms with Gasteiger partial charge in [0, 0.05) is 26.2 Å². The Bertz CT molecular complexity index is 301. The highest BCUT2D eigenvalue weighted by atomic mass is 16.1. The molecule has 1 aliphatic heterocycles. The number of ketones is 1. The molecule has 64 valence electrons. The van der Waals surface area contributed by atoms with E-state index in [1.165, 1.54) is 0 Å². The molecule has 4 heteroatoms. The number of nitrogens with one attached hydrogen (secondary N) is 1. The van der Waals surface area contributed by atoms with Gasteiger partial charge in [-0.1, -0.05) is 0 Å². The van der Waals surface area contributed by atoms with Gasteiger partial charge in [0.05, 0.1) is 6.04 Å². The molecule has 0 bridgehead atoms. The summed E-state index contributed by atoms with van der Waals surface area (Å²) in [7, 11) is 0. The summed E-state index contributed by atoms with van der Waals surface area (Å²) in [4.78, 5) is 11.1. The fourth-order valence-corrected chi connectivity index (χ4v) is 1.33. The van der Waals surface area contributed by atoms with E-state index in [9.17, 15) is 4.79 Å². The van der Waals surface area contributed by atoms with Gasteiger partial charge >= 0.3 is 0 Å². The fourth-order valence-electron chi connectivity index (χ4n) is 1.33. The van der Waals surface area contributed by atoms with Crippen LogP contribution in [0, 0.1) is 0 Å². The van der Waals surface area contributed by atoms with Crippen LogP contribution in [0.3, 0.4) is 0 Å². The number of nitrogens with zero attached hydrogens (tertiary/aromatic N) is 2. The van der Waals surface area contributed by atoms with E-state index in [-0.39, 0.29) is 5.78 Å². The number of carbonyl (C=O) groups is 1. The molecule has 0 unspecified atom stereocenters. The predicted octanol–water partition coefficient (Wildman–Crippen LogP) is 0.230.